The van der Waals surface area contributed by atoms with Crippen molar-refractivity contribution >= 4 is 302 Å². The van der Waals surface area contributed by atoms with Gasteiger partial charge in [-0.3, -0.25) is 4.79 Å². The van der Waals surface area contributed by atoms with E-state index in [2.05, 4.69) is 62.4 Å². The molecule has 1 heterocycles. The average molecular weight is 971 g/mol. The third kappa shape index (κ3) is 1.77. The highest BCUT2D eigenvalue weighted by Crippen LogP contribution is 2.87. The molecule has 0 bridgehead atoms. The fourth-order valence-corrected chi connectivity index (χ4v) is 26.2. The summed E-state index contributed by atoms with van der Waals surface area (Å²) in [5.74, 6) is 0.908. The summed E-state index contributed by atoms with van der Waals surface area (Å²) in [4.78, 5) is 17.4. The molecular weight excluding hydrogens is 957 g/mol. The summed E-state index contributed by atoms with van der Waals surface area (Å²) in [6.07, 6.45) is 0. The van der Waals surface area contributed by atoms with Gasteiger partial charge < -0.3 is 4.74 Å². The van der Waals surface area contributed by atoms with E-state index in [0.717, 1.165) is 28.0 Å². The number of benzene rings is 20. The maximum Gasteiger partial charge on any atom is 0.194 e. The van der Waals surface area contributed by atoms with Crippen LogP contribution in [0.1, 0.15) is 49.3 Å². The molecule has 1 aliphatic heterocycles. The van der Waals surface area contributed by atoms with Gasteiger partial charge in [-0.2, -0.15) is 0 Å². The molecule has 30 aromatic rings. The second-order valence-corrected chi connectivity index (χ2v) is 28.0. The predicted octanol–water partition coefficient (Wildman–Crippen LogP) is 20.2. The molecule has 334 valence electrons. The van der Waals surface area contributed by atoms with Crippen LogP contribution in [0.5, 0.6) is 0 Å². The lowest BCUT2D eigenvalue weighted by molar-refractivity contribution is 0.0604. The van der Waals surface area contributed by atoms with E-state index in [-0.39, 0.29) is 5.78 Å². The second kappa shape index (κ2) is 7.22. The van der Waals surface area contributed by atoms with Crippen LogP contribution in [0.3, 0.4) is 0 Å². The molecule has 4 aliphatic carbocycles. The summed E-state index contributed by atoms with van der Waals surface area (Å²) < 4.78 is 8.91. The number of rotatable bonds is 3. The lowest BCUT2D eigenvalue weighted by Crippen LogP contribution is -2.52. The zero-order valence-corrected chi connectivity index (χ0v) is 40.9. The molecule has 0 N–H and O–H groups in total. The van der Waals surface area contributed by atoms with Gasteiger partial charge in [0.05, 0.1) is 5.57 Å². The first-order valence-electron chi connectivity index (χ1n) is 29.0. The van der Waals surface area contributed by atoms with Gasteiger partial charge in [-0.1, -0.05) is 59.7 Å². The molecule has 30 aromatic carbocycles. The molecule has 2 heteroatoms. The summed E-state index contributed by atoms with van der Waals surface area (Å²) >= 11 is 0. The normalized spacial score (nSPS) is 21.2. The number of hydrogen-bond acceptors (Lipinski definition) is 2. The first kappa shape index (κ1) is 30.7. The average Bonchev–Trinajstić information content (AvgIpc) is 1.47. The summed E-state index contributed by atoms with van der Waals surface area (Å²) in [6, 6.07) is 17.7. The van der Waals surface area contributed by atoms with Gasteiger partial charge in [0.1, 0.15) is 11.2 Å². The predicted molar refractivity (Wildman–Crippen MR) is 329 cm³/mol. The maximum atomic E-state index is 17.4. The topological polar surface area (TPSA) is 26.3 Å². The smallest absolute Gasteiger partial charge is 0.194 e. The van der Waals surface area contributed by atoms with Gasteiger partial charge in [0.25, 0.3) is 0 Å². The monoisotopic (exact) mass is 970 g/mol. The molecule has 0 saturated heterocycles. The summed E-state index contributed by atoms with van der Waals surface area (Å²) in [6.45, 7) is 4.34. The zero-order chi connectivity index (χ0) is 47.9. The highest BCUT2D eigenvalue weighted by atomic mass is 16.5. The van der Waals surface area contributed by atoms with Crippen molar-refractivity contribution < 1.29 is 9.53 Å². The molecule has 0 saturated carbocycles. The summed E-state index contributed by atoms with van der Waals surface area (Å²) in [5.41, 5.74) is 8.61. The Balaban J connectivity index is 1.07. The Morgan fingerprint density at radius 3 is 0.709 bits per heavy atom. The van der Waals surface area contributed by atoms with Gasteiger partial charge in [0.2, 0.25) is 0 Å². The molecule has 2 spiro atoms. The lowest BCUT2D eigenvalue weighted by Gasteiger charge is -2.49. The molecule has 0 fully saturated rings. The van der Waals surface area contributed by atoms with Crippen LogP contribution >= 0.6 is 0 Å². The highest BCUT2D eigenvalue weighted by molar-refractivity contribution is 6.82. The molecule has 0 radical (unpaired) electrons. The van der Waals surface area contributed by atoms with Crippen LogP contribution in [-0.2, 0) is 15.8 Å². The Bertz CT molecular complexity index is 7860. The van der Waals surface area contributed by atoms with E-state index in [1.54, 1.807) is 172 Å². The Kier molecular flexibility index (Phi) is 2.81. The van der Waals surface area contributed by atoms with Crippen molar-refractivity contribution in [3.8, 4) is 0 Å². The molecule has 79 heavy (non-hydrogen) atoms. The molecule has 35 rings (SSSR count). The van der Waals surface area contributed by atoms with Crippen molar-refractivity contribution in [3.05, 3.63) is 98.6 Å². The van der Waals surface area contributed by atoms with Gasteiger partial charge >= 0.3 is 0 Å². The third-order valence-corrected chi connectivity index (χ3v) is 26.9. The van der Waals surface area contributed by atoms with Crippen LogP contribution in [0.4, 0.5) is 0 Å². The van der Waals surface area contributed by atoms with E-state index in [1.165, 1.54) is 146 Å². The van der Waals surface area contributed by atoms with Gasteiger partial charge in [0.15, 0.2) is 11.4 Å². The van der Waals surface area contributed by atoms with Crippen molar-refractivity contribution in [1.82, 2.24) is 0 Å². The minimum absolute atomic E-state index is 0.116. The van der Waals surface area contributed by atoms with E-state index in [4.69, 9.17) is 4.74 Å². The van der Waals surface area contributed by atoms with Crippen molar-refractivity contribution in [2.75, 3.05) is 0 Å². The SMILES string of the molecule is Cc1ccc(C(=O)C2=C(c3ccc(C)cc3)OC34c5c6c7c8c9c%10c(c%11c%12c3c3c5c5c%13c6c6c7c7c9c9c%14c%10c%10c%11c%11c%12c%12c3c3c5c5c%13c%13c6c6c7c9c7c9c%14c%10c%10c%11c%11c%12c3c3c5c5c%13c6c7c6c9c%10c%11c3c56)C284)cc1. The number of carbonyl (C=O) groups is 1. The van der Waals surface area contributed by atoms with Crippen LogP contribution in [0.15, 0.2) is 54.1 Å². The van der Waals surface area contributed by atoms with Crippen LogP contribution in [0.25, 0.3) is 297 Å². The Labute approximate surface area is 432 Å². The molecule has 0 unspecified atom stereocenters. The molecule has 2 nitrogen and oxygen atoms in total. The van der Waals surface area contributed by atoms with Gasteiger partial charge in [0, 0.05) is 22.3 Å². The van der Waals surface area contributed by atoms with E-state index in [0.29, 0.717) is 0 Å². The van der Waals surface area contributed by atoms with Crippen LogP contribution < -0.4 is 0 Å². The van der Waals surface area contributed by atoms with Crippen molar-refractivity contribution in [2.24, 2.45) is 0 Å². The number of carbonyl (C=O) groups excluding carboxylic acids is 1. The molecule has 0 atom stereocenters. The number of ether oxygens (including phenoxy) is 1. The molecular formula is C77H14O2. The fraction of sp³-hybridized carbons (Fsp3) is 0.0519. The Hall–Kier alpha value is -9.89. The Morgan fingerprint density at radius 2 is 0.468 bits per heavy atom. The first-order valence-corrected chi connectivity index (χ1v) is 29.0. The quantitative estimate of drug-likeness (QED) is 0.130. The highest BCUT2D eigenvalue weighted by Gasteiger charge is 2.77. The summed E-state index contributed by atoms with van der Waals surface area (Å²) in [5, 5.41) is 83.5. The van der Waals surface area contributed by atoms with Crippen molar-refractivity contribution in [3.63, 3.8) is 0 Å². The maximum absolute atomic E-state index is 17.4. The summed E-state index contributed by atoms with van der Waals surface area (Å²) in [7, 11) is 0. The van der Waals surface area contributed by atoms with Crippen molar-refractivity contribution in [2.45, 2.75) is 24.9 Å². The van der Waals surface area contributed by atoms with E-state index in [9.17, 15) is 0 Å². The number of hydrogen-bond donors (Lipinski definition) is 0. The number of aryl methyl sites for hydroxylation is 2. The number of Topliss-reactive ketones (excluding diaryl/α,β-unsaturated/α-hetero) is 1. The molecule has 0 aromatic heterocycles. The van der Waals surface area contributed by atoms with Gasteiger partial charge in [-0.05, 0) is 316 Å². The van der Waals surface area contributed by atoms with Crippen LogP contribution in [0.2, 0.25) is 0 Å². The van der Waals surface area contributed by atoms with E-state index >= 15 is 4.79 Å². The zero-order valence-electron chi connectivity index (χ0n) is 40.9. The second-order valence-electron chi connectivity index (χ2n) is 28.0. The molecule has 0 amide bonds. The van der Waals surface area contributed by atoms with Crippen LogP contribution in [-0.4, -0.2) is 5.78 Å². The van der Waals surface area contributed by atoms with Gasteiger partial charge in [-0.25, -0.2) is 0 Å². The standard InChI is InChI=1S/C77H14O2/c1-11-3-7-13(8-4-11)74(78)73-75(14-9-5-12(2)6-10-14)79-77-71-65-59-49-37-29-21-17-15-16-19-23(21)31(37)41-35-27(19)28-20(16)24-22-18(15)26-25(17)33-39(29)47-53-43(33)44-34(26)40-30(22)38-32(24)42-36(28)46-45(35)57(51(41)59)67(71)68-58(46)52(42)60-50(38)56-48(40)54(44)62-61(53)69(63(65)55(47)49)76(73,77)70(62)64(56)66(60)72(68)77/h3-10H,1-2H3. The largest absolute Gasteiger partial charge is 0.475 e. The lowest BCUT2D eigenvalue weighted by atomic mass is 9.52. The fourth-order valence-electron chi connectivity index (χ4n) is 26.2. The third-order valence-electron chi connectivity index (χ3n) is 26.9. The number of ketones is 1. The minimum Gasteiger partial charge on any atom is -0.475 e. The van der Waals surface area contributed by atoms with Gasteiger partial charge in [-0.15, -0.1) is 0 Å². The van der Waals surface area contributed by atoms with E-state index in [1.807, 2.05) is 0 Å². The van der Waals surface area contributed by atoms with E-state index < -0.39 is 11.0 Å². The van der Waals surface area contributed by atoms with Crippen LogP contribution in [0, 0.1) is 13.8 Å². The first-order chi connectivity index (χ1) is 39.1. The Morgan fingerprint density at radius 1 is 0.266 bits per heavy atom. The molecule has 5 aliphatic rings. The van der Waals surface area contributed by atoms with Crippen molar-refractivity contribution in [1.29, 1.82) is 0 Å². The minimum atomic E-state index is -1.05.